The van der Waals surface area contributed by atoms with Crippen molar-refractivity contribution in [1.82, 2.24) is 4.72 Å². The number of amides is 1. The summed E-state index contributed by atoms with van der Waals surface area (Å²) in [5.41, 5.74) is 5.50. The van der Waals surface area contributed by atoms with Crippen molar-refractivity contribution in [3.8, 4) is 6.07 Å². The Balaban J connectivity index is 2.08. The molecule has 118 valence electrons. The smallest absolute Gasteiger partial charge is 0.262 e. The Hall–Kier alpha value is -1.42. The van der Waals surface area contributed by atoms with Gasteiger partial charge < -0.3 is 10.5 Å². The second kappa shape index (κ2) is 7.23. The van der Waals surface area contributed by atoms with E-state index in [0.717, 1.165) is 44.1 Å². The van der Waals surface area contributed by atoms with Gasteiger partial charge in [-0.3, -0.25) is 9.52 Å². The lowest BCUT2D eigenvalue weighted by Crippen LogP contribution is -2.47. The van der Waals surface area contributed by atoms with Crippen molar-refractivity contribution in [2.24, 2.45) is 0 Å². The number of rotatable bonds is 4. The van der Waals surface area contributed by atoms with Gasteiger partial charge in [0.15, 0.2) is 0 Å². The summed E-state index contributed by atoms with van der Waals surface area (Å²) in [5.74, 6) is -0.147. The van der Waals surface area contributed by atoms with Crippen LogP contribution in [0.3, 0.4) is 0 Å². The van der Waals surface area contributed by atoms with Crippen molar-refractivity contribution in [2.75, 3.05) is 12.8 Å². The second-order valence-corrected chi connectivity index (χ2v) is 6.56. The molecular weight excluding hydrogens is 322 g/mol. The van der Waals surface area contributed by atoms with Crippen LogP contribution in [0.5, 0.6) is 0 Å². The van der Waals surface area contributed by atoms with Crippen LogP contribution in [0, 0.1) is 11.3 Å². The number of nitriles is 1. The number of carbonyl (C=O) groups is 1. The monoisotopic (exact) mass is 339 g/mol. The Bertz CT molecular complexity index is 610. The van der Waals surface area contributed by atoms with Gasteiger partial charge in [0.1, 0.15) is 11.7 Å². The number of carbonyl (C=O) groups excluding carboxylic acids is 1. The molecule has 0 atom stereocenters. The number of nitrogen functional groups attached to an aromatic ring is 1. The Morgan fingerprint density at radius 3 is 2.73 bits per heavy atom. The van der Waals surface area contributed by atoms with Crippen LogP contribution < -0.4 is 10.5 Å². The van der Waals surface area contributed by atoms with E-state index in [0.29, 0.717) is 15.5 Å². The highest BCUT2D eigenvalue weighted by Gasteiger charge is 2.39. The quantitative estimate of drug-likeness (QED) is 0.649. The summed E-state index contributed by atoms with van der Waals surface area (Å²) in [4.78, 5) is 13.1. The topological polar surface area (TPSA) is 88.1 Å². The minimum absolute atomic E-state index is 0.147. The molecule has 0 aromatic heterocycles. The minimum Gasteiger partial charge on any atom is -0.396 e. The number of nitrogens with two attached hydrogens (primary N) is 1. The van der Waals surface area contributed by atoms with Crippen LogP contribution in [-0.2, 0) is 9.53 Å². The van der Waals surface area contributed by atoms with Crippen LogP contribution in [-0.4, -0.2) is 18.6 Å². The predicted octanol–water partition coefficient (Wildman–Crippen LogP) is 3.27. The second-order valence-electron chi connectivity index (χ2n) is 5.27. The fourth-order valence-electron chi connectivity index (χ4n) is 2.59. The van der Waals surface area contributed by atoms with E-state index in [1.807, 2.05) is 6.07 Å². The molecule has 1 saturated carbocycles. The van der Waals surface area contributed by atoms with Gasteiger partial charge in [-0.2, -0.15) is 5.26 Å². The molecule has 5 nitrogen and oxygen atoms in total. The Labute approximate surface area is 139 Å². The number of methoxy groups -OCH3 is 1. The zero-order valence-electron chi connectivity index (χ0n) is 12.3. The average Bonchev–Trinajstić information content (AvgIpc) is 2.56. The summed E-state index contributed by atoms with van der Waals surface area (Å²) in [6.07, 6.45) is 4.55. The van der Waals surface area contributed by atoms with Gasteiger partial charge in [-0.05, 0) is 36.9 Å². The molecule has 1 aromatic carbocycles. The molecule has 1 aliphatic rings. The van der Waals surface area contributed by atoms with Crippen LogP contribution in [0.4, 0.5) is 5.69 Å². The van der Waals surface area contributed by atoms with Crippen LogP contribution in [0.1, 0.15) is 37.7 Å². The van der Waals surface area contributed by atoms with Crippen LogP contribution in [0.15, 0.2) is 17.0 Å². The van der Waals surface area contributed by atoms with E-state index in [1.54, 1.807) is 19.2 Å². The van der Waals surface area contributed by atoms with Crippen molar-refractivity contribution < 1.29 is 9.53 Å². The maximum atomic E-state index is 12.5. The summed E-state index contributed by atoms with van der Waals surface area (Å²) in [6.45, 7) is 0. The number of hydrogen-bond donors (Lipinski definition) is 2. The van der Waals surface area contributed by atoms with E-state index in [2.05, 4.69) is 4.72 Å². The number of benzene rings is 1. The molecule has 0 bridgehead atoms. The van der Waals surface area contributed by atoms with E-state index in [-0.39, 0.29) is 11.6 Å². The van der Waals surface area contributed by atoms with Crippen molar-refractivity contribution in [3.63, 3.8) is 0 Å². The fraction of sp³-hybridized carbons (Fsp3) is 0.467. The van der Waals surface area contributed by atoms with Gasteiger partial charge in [-0.15, -0.1) is 0 Å². The Morgan fingerprint density at radius 2 is 2.14 bits per heavy atom. The molecule has 22 heavy (non-hydrogen) atoms. The minimum atomic E-state index is -0.749. The van der Waals surface area contributed by atoms with Crippen molar-refractivity contribution >= 4 is 35.1 Å². The molecule has 0 aliphatic heterocycles. The summed E-state index contributed by atoms with van der Waals surface area (Å²) < 4.78 is 8.30. The van der Waals surface area contributed by atoms with Gasteiger partial charge in [-0.25, -0.2) is 0 Å². The average molecular weight is 340 g/mol. The number of ether oxygens (including phenoxy) is 1. The molecule has 1 aliphatic carbocycles. The molecule has 0 spiro atoms. The summed E-state index contributed by atoms with van der Waals surface area (Å²) >= 11 is 7.11. The highest BCUT2D eigenvalue weighted by atomic mass is 35.5. The van der Waals surface area contributed by atoms with Gasteiger partial charge in [0, 0.05) is 12.0 Å². The normalized spacial score (nSPS) is 16.8. The van der Waals surface area contributed by atoms with E-state index in [9.17, 15) is 4.79 Å². The summed E-state index contributed by atoms with van der Waals surface area (Å²) in [5, 5.41) is 9.32. The van der Waals surface area contributed by atoms with E-state index in [1.165, 1.54) is 0 Å². The third kappa shape index (κ3) is 3.49. The number of hydrogen-bond acceptors (Lipinski definition) is 5. The third-order valence-electron chi connectivity index (χ3n) is 3.95. The molecular formula is C15H18ClN3O2S. The molecule has 7 heteroatoms. The van der Waals surface area contributed by atoms with Gasteiger partial charge in [0.2, 0.25) is 0 Å². The first kappa shape index (κ1) is 16.9. The van der Waals surface area contributed by atoms with Gasteiger partial charge in [0.05, 0.1) is 16.3 Å². The molecule has 1 aromatic rings. The maximum absolute atomic E-state index is 12.5. The Morgan fingerprint density at radius 1 is 1.45 bits per heavy atom. The van der Waals surface area contributed by atoms with Gasteiger partial charge in [-0.1, -0.05) is 30.9 Å². The van der Waals surface area contributed by atoms with E-state index < -0.39 is 5.60 Å². The zero-order valence-corrected chi connectivity index (χ0v) is 13.9. The van der Waals surface area contributed by atoms with Crippen LogP contribution in [0.2, 0.25) is 5.02 Å². The Kier molecular flexibility index (Phi) is 5.57. The first-order valence-corrected chi connectivity index (χ1v) is 8.23. The lowest BCUT2D eigenvalue weighted by Gasteiger charge is -2.34. The molecule has 1 fully saturated rings. The van der Waals surface area contributed by atoms with Crippen molar-refractivity contribution in [2.45, 2.75) is 42.6 Å². The predicted molar refractivity (Wildman–Crippen MR) is 87.4 cm³/mol. The summed E-state index contributed by atoms with van der Waals surface area (Å²) in [6, 6.07) is 5.22. The SMILES string of the molecule is COC1(C(=O)NSc2cc(Cl)c(N)c(C#N)c2)CCCCC1. The van der Waals surface area contributed by atoms with Gasteiger partial charge >= 0.3 is 0 Å². The van der Waals surface area contributed by atoms with Crippen LogP contribution >= 0.6 is 23.5 Å². The van der Waals surface area contributed by atoms with E-state index >= 15 is 0 Å². The maximum Gasteiger partial charge on any atom is 0.262 e. The van der Waals surface area contributed by atoms with Crippen LogP contribution in [0.25, 0.3) is 0 Å². The number of anilines is 1. The fourth-order valence-corrected chi connectivity index (χ4v) is 3.62. The largest absolute Gasteiger partial charge is 0.396 e. The molecule has 0 unspecified atom stereocenters. The number of nitrogens with zero attached hydrogens (tertiary/aromatic N) is 1. The van der Waals surface area contributed by atoms with E-state index in [4.69, 9.17) is 27.3 Å². The standard InChI is InChI=1S/C15H18ClN3O2S/c1-21-15(5-3-2-4-6-15)14(20)19-22-11-7-10(9-17)13(18)12(16)8-11/h7-8H,2-6,18H2,1H3,(H,19,20). The molecule has 0 heterocycles. The first-order chi connectivity index (χ1) is 10.5. The molecule has 0 saturated heterocycles. The first-order valence-electron chi connectivity index (χ1n) is 7.04. The van der Waals surface area contributed by atoms with Crippen molar-refractivity contribution in [3.05, 3.63) is 22.7 Å². The summed E-state index contributed by atoms with van der Waals surface area (Å²) in [7, 11) is 1.57. The lowest BCUT2D eigenvalue weighted by molar-refractivity contribution is -0.145. The molecule has 1 amide bonds. The molecule has 3 N–H and O–H groups in total. The highest BCUT2D eigenvalue weighted by molar-refractivity contribution is 7.98. The van der Waals surface area contributed by atoms with Crippen molar-refractivity contribution in [1.29, 1.82) is 5.26 Å². The van der Waals surface area contributed by atoms with Gasteiger partial charge in [0.25, 0.3) is 5.91 Å². The molecule has 0 radical (unpaired) electrons. The third-order valence-corrected chi connectivity index (χ3v) is 5.02. The number of nitrogens with one attached hydrogen (secondary N) is 1. The zero-order chi connectivity index (χ0) is 16.2. The highest BCUT2D eigenvalue weighted by Crippen LogP contribution is 2.33. The number of halogens is 1. The lowest BCUT2D eigenvalue weighted by atomic mass is 9.84. The molecule has 2 rings (SSSR count).